The van der Waals surface area contributed by atoms with Gasteiger partial charge in [-0.15, -0.1) is 0 Å². The van der Waals surface area contributed by atoms with E-state index >= 15 is 0 Å². The number of rotatable bonds is 8. The third-order valence-electron chi connectivity index (χ3n) is 5.62. The third kappa shape index (κ3) is 5.81. The Balaban J connectivity index is 1.20. The van der Waals surface area contributed by atoms with E-state index in [1.165, 1.54) is 12.7 Å². The number of piperidine rings is 1. The summed E-state index contributed by atoms with van der Waals surface area (Å²) in [7, 11) is 0. The van der Waals surface area contributed by atoms with Crippen molar-refractivity contribution < 1.29 is 14.4 Å². The Morgan fingerprint density at radius 2 is 1.59 bits per heavy atom. The summed E-state index contributed by atoms with van der Waals surface area (Å²) in [4.78, 5) is 47.0. The molecule has 2 heterocycles. The molecule has 1 aliphatic heterocycles. The van der Waals surface area contributed by atoms with Gasteiger partial charge in [0.1, 0.15) is 17.8 Å². The van der Waals surface area contributed by atoms with E-state index in [4.69, 9.17) is 0 Å². The fourth-order valence-electron chi connectivity index (χ4n) is 3.61. The van der Waals surface area contributed by atoms with Crippen LogP contribution in [0, 0.1) is 5.92 Å². The topological polar surface area (TPSA) is 116 Å². The first-order chi connectivity index (χ1) is 15.6. The van der Waals surface area contributed by atoms with Crippen LogP contribution in [0.4, 0.5) is 11.5 Å². The molecule has 32 heavy (non-hydrogen) atoms. The summed E-state index contributed by atoms with van der Waals surface area (Å²) in [6, 6.07) is 8.47. The fraction of sp³-hybridized carbons (Fsp3) is 0.435. The Hall–Kier alpha value is -3.49. The Morgan fingerprint density at radius 3 is 2.28 bits per heavy atom. The van der Waals surface area contributed by atoms with E-state index in [1.54, 1.807) is 30.3 Å². The minimum absolute atomic E-state index is 0.0321. The van der Waals surface area contributed by atoms with Gasteiger partial charge in [0.15, 0.2) is 0 Å². The van der Waals surface area contributed by atoms with Crippen LogP contribution in [-0.2, 0) is 4.79 Å². The number of hydrogen-bond acceptors (Lipinski definition) is 6. The number of nitrogens with one attached hydrogen (secondary N) is 3. The van der Waals surface area contributed by atoms with Crippen LogP contribution >= 0.6 is 0 Å². The van der Waals surface area contributed by atoms with Gasteiger partial charge in [0, 0.05) is 49.4 Å². The zero-order valence-electron chi connectivity index (χ0n) is 18.0. The van der Waals surface area contributed by atoms with E-state index in [-0.39, 0.29) is 36.7 Å². The van der Waals surface area contributed by atoms with Gasteiger partial charge in [-0.05, 0) is 56.4 Å². The molecule has 4 rings (SSSR count). The van der Waals surface area contributed by atoms with Crippen molar-refractivity contribution >= 4 is 29.2 Å². The predicted octanol–water partition coefficient (Wildman–Crippen LogP) is 1.98. The maximum atomic E-state index is 12.4. The summed E-state index contributed by atoms with van der Waals surface area (Å²) in [6.45, 7) is 2.45. The minimum Gasteiger partial charge on any atom is -0.357 e. The summed E-state index contributed by atoms with van der Waals surface area (Å²) in [5.41, 5.74) is 1.48. The number of carbonyl (C=O) groups is 3. The number of aromatic nitrogens is 2. The maximum absolute atomic E-state index is 12.4. The summed E-state index contributed by atoms with van der Waals surface area (Å²) in [6.07, 6.45) is 6.78. The number of carbonyl (C=O) groups excluding carboxylic acids is 3. The molecular formula is C23H28N6O3. The standard InChI is InChI=1S/C23H28N6O3/c30-21(16-6-8-18(9-7-16)28-22(31)17-4-5-17)24-10-11-25-23(32)19-14-20(27-15-26-19)29-12-2-1-3-13-29/h6-9,14-15,17H,1-5,10-13H2,(H,24,30)(H,25,32)(H,28,31). The van der Waals surface area contributed by atoms with Gasteiger partial charge in [0.25, 0.3) is 11.8 Å². The van der Waals surface area contributed by atoms with Crippen LogP contribution in [0.3, 0.4) is 0 Å². The normalized spacial score (nSPS) is 15.7. The SMILES string of the molecule is O=C(NCCNC(=O)c1cc(N2CCCCC2)ncn1)c1ccc(NC(=O)C2CC2)cc1. The highest BCUT2D eigenvalue weighted by Crippen LogP contribution is 2.30. The Bertz CT molecular complexity index is 968. The van der Waals surface area contributed by atoms with Crippen molar-refractivity contribution in [1.29, 1.82) is 0 Å². The van der Waals surface area contributed by atoms with Crippen molar-refractivity contribution in [3.8, 4) is 0 Å². The highest BCUT2D eigenvalue weighted by atomic mass is 16.2. The molecule has 0 atom stereocenters. The van der Waals surface area contributed by atoms with Gasteiger partial charge >= 0.3 is 0 Å². The van der Waals surface area contributed by atoms with Crippen LogP contribution in [0.2, 0.25) is 0 Å². The Labute approximate surface area is 187 Å². The molecule has 0 radical (unpaired) electrons. The lowest BCUT2D eigenvalue weighted by Gasteiger charge is -2.27. The molecule has 1 aliphatic carbocycles. The molecule has 0 unspecified atom stereocenters. The summed E-state index contributed by atoms with van der Waals surface area (Å²) < 4.78 is 0. The van der Waals surface area contributed by atoms with Crippen LogP contribution in [0.5, 0.6) is 0 Å². The van der Waals surface area contributed by atoms with Gasteiger partial charge in [-0.1, -0.05) is 0 Å². The Kier molecular flexibility index (Phi) is 6.94. The van der Waals surface area contributed by atoms with Crippen LogP contribution < -0.4 is 20.9 Å². The molecule has 2 fully saturated rings. The second-order valence-corrected chi connectivity index (χ2v) is 8.16. The lowest BCUT2D eigenvalue weighted by molar-refractivity contribution is -0.117. The zero-order chi connectivity index (χ0) is 22.3. The van der Waals surface area contributed by atoms with Gasteiger partial charge < -0.3 is 20.9 Å². The van der Waals surface area contributed by atoms with E-state index in [1.807, 2.05) is 0 Å². The smallest absolute Gasteiger partial charge is 0.270 e. The van der Waals surface area contributed by atoms with Gasteiger partial charge in [-0.25, -0.2) is 9.97 Å². The number of nitrogens with zero attached hydrogens (tertiary/aromatic N) is 3. The molecule has 0 bridgehead atoms. The molecule has 1 aromatic heterocycles. The first kappa shape index (κ1) is 21.7. The first-order valence-corrected chi connectivity index (χ1v) is 11.1. The van der Waals surface area contributed by atoms with Crippen molar-refractivity contribution in [2.75, 3.05) is 36.4 Å². The molecule has 1 saturated heterocycles. The number of amides is 3. The molecule has 3 amide bonds. The van der Waals surface area contributed by atoms with Crippen LogP contribution in [0.1, 0.15) is 53.0 Å². The fourth-order valence-corrected chi connectivity index (χ4v) is 3.61. The lowest BCUT2D eigenvalue weighted by Crippen LogP contribution is -2.35. The number of benzene rings is 1. The molecule has 9 heteroatoms. The van der Waals surface area contributed by atoms with Crippen molar-refractivity contribution in [2.45, 2.75) is 32.1 Å². The van der Waals surface area contributed by atoms with Crippen LogP contribution in [0.25, 0.3) is 0 Å². The molecule has 9 nitrogen and oxygen atoms in total. The van der Waals surface area contributed by atoms with E-state index in [2.05, 4.69) is 30.8 Å². The van der Waals surface area contributed by atoms with Crippen molar-refractivity contribution in [2.24, 2.45) is 5.92 Å². The van der Waals surface area contributed by atoms with Gasteiger partial charge in [0.2, 0.25) is 5.91 Å². The first-order valence-electron chi connectivity index (χ1n) is 11.1. The molecule has 2 aromatic rings. The summed E-state index contributed by atoms with van der Waals surface area (Å²) in [5.74, 6) is 0.399. The van der Waals surface area contributed by atoms with Crippen LogP contribution in [0.15, 0.2) is 36.7 Å². The summed E-state index contributed by atoms with van der Waals surface area (Å²) in [5, 5.41) is 8.39. The molecule has 168 valence electrons. The van der Waals surface area contributed by atoms with E-state index in [0.29, 0.717) is 16.9 Å². The average molecular weight is 437 g/mol. The molecule has 0 spiro atoms. The average Bonchev–Trinajstić information content (AvgIpc) is 3.68. The van der Waals surface area contributed by atoms with E-state index in [9.17, 15) is 14.4 Å². The Morgan fingerprint density at radius 1 is 0.906 bits per heavy atom. The number of anilines is 2. The van der Waals surface area contributed by atoms with Crippen LogP contribution in [-0.4, -0.2) is 53.9 Å². The lowest BCUT2D eigenvalue weighted by atomic mass is 10.1. The third-order valence-corrected chi connectivity index (χ3v) is 5.62. The van der Waals surface area contributed by atoms with Crippen molar-refractivity contribution in [1.82, 2.24) is 20.6 Å². The minimum atomic E-state index is -0.296. The molecule has 2 aliphatic rings. The second-order valence-electron chi connectivity index (χ2n) is 8.16. The van der Waals surface area contributed by atoms with Crippen molar-refractivity contribution in [3.63, 3.8) is 0 Å². The van der Waals surface area contributed by atoms with Crippen molar-refractivity contribution in [3.05, 3.63) is 47.9 Å². The molecular weight excluding hydrogens is 408 g/mol. The van der Waals surface area contributed by atoms with Gasteiger partial charge in [-0.3, -0.25) is 14.4 Å². The highest BCUT2D eigenvalue weighted by Gasteiger charge is 2.29. The second kappa shape index (κ2) is 10.2. The van der Waals surface area contributed by atoms with Gasteiger partial charge in [-0.2, -0.15) is 0 Å². The highest BCUT2D eigenvalue weighted by molar-refractivity contribution is 5.97. The van der Waals surface area contributed by atoms with E-state index < -0.39 is 0 Å². The predicted molar refractivity (Wildman–Crippen MR) is 121 cm³/mol. The molecule has 1 saturated carbocycles. The van der Waals surface area contributed by atoms with Gasteiger partial charge in [0.05, 0.1) is 0 Å². The number of hydrogen-bond donors (Lipinski definition) is 3. The summed E-state index contributed by atoms with van der Waals surface area (Å²) >= 11 is 0. The molecule has 3 N–H and O–H groups in total. The maximum Gasteiger partial charge on any atom is 0.270 e. The van der Waals surface area contributed by atoms with E-state index in [0.717, 1.165) is 44.6 Å². The quantitative estimate of drug-likeness (QED) is 0.545. The largest absolute Gasteiger partial charge is 0.357 e. The zero-order valence-corrected chi connectivity index (χ0v) is 18.0. The molecule has 1 aromatic carbocycles. The monoisotopic (exact) mass is 436 g/mol.